The fourth-order valence-corrected chi connectivity index (χ4v) is 1.61. The van der Waals surface area contributed by atoms with Crippen molar-refractivity contribution in [3.8, 4) is 11.8 Å². The summed E-state index contributed by atoms with van der Waals surface area (Å²) >= 11 is 0. The molecule has 0 fully saturated rings. The third-order valence-corrected chi connectivity index (χ3v) is 2.63. The molecule has 0 saturated heterocycles. The van der Waals surface area contributed by atoms with Crippen molar-refractivity contribution < 1.29 is 14.3 Å². The number of aromatic nitrogens is 1. The molecule has 5 heteroatoms. The first-order chi connectivity index (χ1) is 10.2. The zero-order valence-electron chi connectivity index (χ0n) is 11.1. The number of nitrogens with one attached hydrogen (secondary N) is 1. The Morgan fingerprint density at radius 1 is 1.29 bits per heavy atom. The lowest BCUT2D eigenvalue weighted by Gasteiger charge is -2.05. The Hall–Kier alpha value is -2.71. The number of pyridine rings is 1. The topological polar surface area (TPSA) is 62.2 Å². The Morgan fingerprint density at radius 3 is 2.71 bits per heavy atom. The number of anilines is 1. The van der Waals surface area contributed by atoms with E-state index in [2.05, 4.69) is 22.1 Å². The van der Waals surface area contributed by atoms with Gasteiger partial charge in [0.15, 0.2) is 0 Å². The molecule has 0 atom stereocenters. The first-order valence-electron chi connectivity index (χ1n) is 6.31. The molecule has 0 aliphatic carbocycles. The summed E-state index contributed by atoms with van der Waals surface area (Å²) in [5.74, 6) is 4.26. The van der Waals surface area contributed by atoms with Gasteiger partial charge in [0.05, 0.1) is 12.2 Å². The Labute approximate surface area is 121 Å². The van der Waals surface area contributed by atoms with Gasteiger partial charge in [-0.1, -0.05) is 11.8 Å². The van der Waals surface area contributed by atoms with Crippen LogP contribution in [0.15, 0.2) is 42.7 Å². The van der Waals surface area contributed by atoms with Crippen molar-refractivity contribution in [3.05, 3.63) is 59.7 Å². The van der Waals surface area contributed by atoms with Crippen LogP contribution >= 0.6 is 0 Å². The van der Waals surface area contributed by atoms with Gasteiger partial charge < -0.3 is 10.4 Å². The predicted octanol–water partition coefficient (Wildman–Crippen LogP) is 2.21. The van der Waals surface area contributed by atoms with Crippen LogP contribution in [-0.4, -0.2) is 22.6 Å². The summed E-state index contributed by atoms with van der Waals surface area (Å²) in [5, 5.41) is 11.3. The lowest BCUT2D eigenvalue weighted by Crippen LogP contribution is -2.12. The number of aliphatic hydroxyl groups is 1. The zero-order chi connectivity index (χ0) is 15.1. The summed E-state index contributed by atoms with van der Waals surface area (Å²) in [4.78, 5) is 15.8. The van der Waals surface area contributed by atoms with Crippen LogP contribution in [0.25, 0.3) is 0 Å². The molecule has 1 amide bonds. The van der Waals surface area contributed by atoms with Crippen LogP contribution in [-0.2, 0) is 0 Å². The number of benzene rings is 1. The first-order valence-corrected chi connectivity index (χ1v) is 6.31. The summed E-state index contributed by atoms with van der Waals surface area (Å²) in [6.07, 6.45) is 3.38. The van der Waals surface area contributed by atoms with Crippen LogP contribution in [0.3, 0.4) is 0 Å². The Balaban J connectivity index is 2.13. The SMILES string of the molecule is O=C(Nc1ccncc1)c1ccc(C#CCCO)c(F)c1. The van der Waals surface area contributed by atoms with Crippen LogP contribution < -0.4 is 5.32 Å². The normalized spacial score (nSPS) is 9.62. The van der Waals surface area contributed by atoms with Crippen molar-refractivity contribution in [2.24, 2.45) is 0 Å². The van der Waals surface area contributed by atoms with Gasteiger partial charge in [-0.15, -0.1) is 0 Å². The van der Waals surface area contributed by atoms with E-state index in [0.717, 1.165) is 6.07 Å². The number of carbonyl (C=O) groups is 1. The summed E-state index contributed by atoms with van der Waals surface area (Å²) in [6, 6.07) is 7.37. The molecule has 4 nitrogen and oxygen atoms in total. The molecule has 1 aromatic heterocycles. The molecule has 0 bridgehead atoms. The predicted molar refractivity (Wildman–Crippen MR) is 77.2 cm³/mol. The highest BCUT2D eigenvalue weighted by Gasteiger charge is 2.09. The molecule has 2 N–H and O–H groups in total. The molecule has 0 radical (unpaired) electrons. The number of hydrogen-bond acceptors (Lipinski definition) is 3. The van der Waals surface area contributed by atoms with Crippen LogP contribution in [0.4, 0.5) is 10.1 Å². The van der Waals surface area contributed by atoms with E-state index in [1.54, 1.807) is 24.5 Å². The van der Waals surface area contributed by atoms with Crippen LogP contribution in [0.5, 0.6) is 0 Å². The van der Waals surface area contributed by atoms with E-state index in [1.807, 2.05) is 0 Å². The fraction of sp³-hybridized carbons (Fsp3) is 0.125. The quantitative estimate of drug-likeness (QED) is 0.849. The van der Waals surface area contributed by atoms with Gasteiger partial charge in [0.1, 0.15) is 5.82 Å². The monoisotopic (exact) mass is 284 g/mol. The molecule has 106 valence electrons. The van der Waals surface area contributed by atoms with E-state index in [0.29, 0.717) is 5.69 Å². The maximum absolute atomic E-state index is 13.8. The maximum atomic E-state index is 13.8. The second-order valence-electron chi connectivity index (χ2n) is 4.16. The first kappa shape index (κ1) is 14.7. The molecular weight excluding hydrogens is 271 g/mol. The van der Waals surface area contributed by atoms with Gasteiger partial charge in [-0.05, 0) is 30.3 Å². The average Bonchev–Trinajstić information content (AvgIpc) is 2.50. The smallest absolute Gasteiger partial charge is 0.255 e. The molecule has 2 rings (SSSR count). The maximum Gasteiger partial charge on any atom is 0.255 e. The number of amides is 1. The van der Waals surface area contributed by atoms with Crippen molar-refractivity contribution in [3.63, 3.8) is 0 Å². The van der Waals surface area contributed by atoms with Gasteiger partial charge in [0, 0.05) is 30.1 Å². The summed E-state index contributed by atoms with van der Waals surface area (Å²) < 4.78 is 13.8. The van der Waals surface area contributed by atoms with E-state index in [-0.39, 0.29) is 24.2 Å². The minimum absolute atomic E-state index is 0.0684. The zero-order valence-corrected chi connectivity index (χ0v) is 11.1. The summed E-state index contributed by atoms with van der Waals surface area (Å²) in [6.45, 7) is -0.0684. The average molecular weight is 284 g/mol. The number of hydrogen-bond donors (Lipinski definition) is 2. The van der Waals surface area contributed by atoms with Crippen LogP contribution in [0, 0.1) is 17.7 Å². The third kappa shape index (κ3) is 4.13. The van der Waals surface area contributed by atoms with Gasteiger partial charge in [-0.2, -0.15) is 0 Å². The van der Waals surface area contributed by atoms with Crippen LogP contribution in [0.1, 0.15) is 22.3 Å². The molecule has 0 spiro atoms. The van der Waals surface area contributed by atoms with Crippen molar-refractivity contribution >= 4 is 11.6 Å². The molecular formula is C16H13FN2O2. The number of rotatable bonds is 3. The molecule has 0 aliphatic rings. The van der Waals surface area contributed by atoms with E-state index in [1.165, 1.54) is 12.1 Å². The van der Waals surface area contributed by atoms with Gasteiger partial charge in [-0.25, -0.2) is 4.39 Å². The van der Waals surface area contributed by atoms with Gasteiger partial charge >= 0.3 is 0 Å². The highest BCUT2D eigenvalue weighted by molar-refractivity contribution is 6.04. The van der Waals surface area contributed by atoms with Crippen molar-refractivity contribution in [1.82, 2.24) is 4.98 Å². The number of nitrogens with zero attached hydrogens (tertiary/aromatic N) is 1. The standard InChI is InChI=1S/C16H13FN2O2/c17-15-11-13(5-4-12(15)3-1-2-10-20)16(21)19-14-6-8-18-9-7-14/h4-9,11,20H,2,10H2,(H,18,19,21). The van der Waals surface area contributed by atoms with Crippen LogP contribution in [0.2, 0.25) is 0 Å². The van der Waals surface area contributed by atoms with Crippen molar-refractivity contribution in [2.45, 2.75) is 6.42 Å². The second-order valence-corrected chi connectivity index (χ2v) is 4.16. The molecule has 21 heavy (non-hydrogen) atoms. The Kier molecular flexibility index (Phi) is 5.02. The fourth-order valence-electron chi connectivity index (χ4n) is 1.61. The van der Waals surface area contributed by atoms with E-state index in [4.69, 9.17) is 5.11 Å². The summed E-state index contributed by atoms with van der Waals surface area (Å²) in [7, 11) is 0. The lowest BCUT2D eigenvalue weighted by atomic mass is 10.1. The molecule has 1 heterocycles. The summed E-state index contributed by atoms with van der Waals surface area (Å²) in [5.41, 5.74) is 0.989. The second kappa shape index (κ2) is 7.17. The Morgan fingerprint density at radius 2 is 2.05 bits per heavy atom. The highest BCUT2D eigenvalue weighted by atomic mass is 19.1. The Bertz CT molecular complexity index is 690. The van der Waals surface area contributed by atoms with E-state index in [9.17, 15) is 9.18 Å². The number of aliphatic hydroxyl groups excluding tert-OH is 1. The minimum Gasteiger partial charge on any atom is -0.395 e. The number of carbonyl (C=O) groups excluding carboxylic acids is 1. The largest absolute Gasteiger partial charge is 0.395 e. The number of halogens is 1. The van der Waals surface area contributed by atoms with Gasteiger partial charge in [0.25, 0.3) is 5.91 Å². The van der Waals surface area contributed by atoms with Gasteiger partial charge in [0.2, 0.25) is 0 Å². The lowest BCUT2D eigenvalue weighted by molar-refractivity contribution is 0.102. The molecule has 0 saturated carbocycles. The molecule has 0 aliphatic heterocycles. The van der Waals surface area contributed by atoms with Crippen molar-refractivity contribution in [1.29, 1.82) is 0 Å². The van der Waals surface area contributed by atoms with Crippen molar-refractivity contribution in [2.75, 3.05) is 11.9 Å². The van der Waals surface area contributed by atoms with Gasteiger partial charge in [-0.3, -0.25) is 9.78 Å². The molecule has 1 aromatic carbocycles. The highest BCUT2D eigenvalue weighted by Crippen LogP contribution is 2.12. The molecule has 2 aromatic rings. The van der Waals surface area contributed by atoms with E-state index < -0.39 is 11.7 Å². The minimum atomic E-state index is -0.567. The van der Waals surface area contributed by atoms with E-state index >= 15 is 0 Å². The third-order valence-electron chi connectivity index (χ3n) is 2.63. The molecule has 0 unspecified atom stereocenters.